The first-order valence-corrected chi connectivity index (χ1v) is 4.81. The van der Waals surface area contributed by atoms with Gasteiger partial charge in [-0.05, 0) is 41.5 Å². The number of aliphatic imine (C=N–C) groups is 1. The van der Waals surface area contributed by atoms with Crippen LogP contribution in [0.2, 0.25) is 0 Å². The molecule has 13 heavy (non-hydrogen) atoms. The minimum atomic E-state index is 0.161. The van der Waals surface area contributed by atoms with E-state index in [1.54, 1.807) is 0 Å². The summed E-state index contributed by atoms with van der Waals surface area (Å²) in [6, 6.07) is 0. The Bertz CT molecular complexity index is 220. The normalized spacial score (nSPS) is 21.1. The molecule has 0 aromatic rings. The Morgan fingerprint density at radius 2 is 1.38 bits per heavy atom. The van der Waals surface area contributed by atoms with Gasteiger partial charge in [0.15, 0.2) is 6.34 Å². The fraction of sp³-hybridized carbons (Fsp3) is 0.727. The first kappa shape index (κ1) is 10.5. The fourth-order valence-electron chi connectivity index (χ4n) is 2.13. The predicted octanol–water partition coefficient (Wildman–Crippen LogP) is 2.91. The largest absolute Gasteiger partial charge is 0.245 e. The van der Waals surface area contributed by atoms with Crippen molar-refractivity contribution in [3.8, 4) is 0 Å². The minimum Gasteiger partial charge on any atom is -0.245 e. The maximum absolute atomic E-state index is 4.24. The molecular formula is C11H21N2+. The Labute approximate surface area is 81.6 Å². The lowest BCUT2D eigenvalue weighted by Crippen LogP contribution is -2.64. The Kier molecular flexibility index (Phi) is 2.15. The number of hydrogen-bond donors (Lipinski definition) is 0. The van der Waals surface area contributed by atoms with Gasteiger partial charge in [-0.3, -0.25) is 0 Å². The molecule has 1 rings (SSSR count). The second-order valence-electron chi connectivity index (χ2n) is 5.68. The first-order chi connectivity index (χ1) is 5.71. The van der Waals surface area contributed by atoms with Crippen LogP contribution < -0.4 is 0 Å². The average molecular weight is 181 g/mol. The third-order valence-electron chi connectivity index (χ3n) is 2.86. The highest BCUT2D eigenvalue weighted by Crippen LogP contribution is 2.36. The highest BCUT2D eigenvalue weighted by molar-refractivity contribution is 5.52. The summed E-state index contributed by atoms with van der Waals surface area (Å²) in [6.45, 7) is 13.5. The molecule has 0 aromatic carbocycles. The summed E-state index contributed by atoms with van der Waals surface area (Å²) < 4.78 is 0.819. The van der Waals surface area contributed by atoms with E-state index in [9.17, 15) is 0 Å². The van der Waals surface area contributed by atoms with Crippen molar-refractivity contribution >= 4 is 6.34 Å². The van der Waals surface area contributed by atoms with Crippen LogP contribution in [-0.2, 0) is 0 Å². The van der Waals surface area contributed by atoms with Crippen molar-refractivity contribution in [2.24, 2.45) is 4.99 Å². The minimum absolute atomic E-state index is 0.161. The van der Waals surface area contributed by atoms with Gasteiger partial charge < -0.3 is 0 Å². The zero-order valence-corrected chi connectivity index (χ0v) is 9.63. The molecule has 1 aliphatic rings. The van der Waals surface area contributed by atoms with Gasteiger partial charge in [0.1, 0.15) is 17.3 Å². The van der Waals surface area contributed by atoms with Crippen LogP contribution in [0.5, 0.6) is 0 Å². The predicted molar refractivity (Wildman–Crippen MR) is 57.4 cm³/mol. The molecule has 0 unspecified atom stereocenters. The first-order valence-electron chi connectivity index (χ1n) is 4.81. The molecule has 0 atom stereocenters. The summed E-state index contributed by atoms with van der Waals surface area (Å²) in [7, 11) is 0. The second-order valence-corrected chi connectivity index (χ2v) is 5.68. The van der Waals surface area contributed by atoms with Gasteiger partial charge in [-0.25, -0.2) is 9.48 Å². The Hall–Kier alpha value is -0.630. The third-order valence-corrected chi connectivity index (χ3v) is 2.86. The van der Waals surface area contributed by atoms with Crippen molar-refractivity contribution in [1.29, 1.82) is 0 Å². The molecular weight excluding hydrogens is 160 g/mol. The number of quaternary nitrogens is 1. The lowest BCUT2D eigenvalue weighted by atomic mass is 9.92. The van der Waals surface area contributed by atoms with E-state index >= 15 is 0 Å². The lowest BCUT2D eigenvalue weighted by Gasteiger charge is -2.49. The molecule has 0 amide bonds. The van der Waals surface area contributed by atoms with E-state index in [0.29, 0.717) is 0 Å². The van der Waals surface area contributed by atoms with Crippen LogP contribution in [-0.4, -0.2) is 21.9 Å². The average Bonchev–Trinajstić information content (AvgIpc) is 2.28. The number of nitrogens with zero attached hydrogens (tertiary/aromatic N) is 2. The molecule has 1 aliphatic heterocycles. The molecule has 0 saturated carbocycles. The summed E-state index contributed by atoms with van der Waals surface area (Å²) >= 11 is 0. The molecule has 0 fully saturated rings. The van der Waals surface area contributed by atoms with Gasteiger partial charge in [0, 0.05) is 0 Å². The highest BCUT2D eigenvalue weighted by atomic mass is 15.5. The van der Waals surface area contributed by atoms with E-state index in [2.05, 4.69) is 52.7 Å². The van der Waals surface area contributed by atoms with Crippen LogP contribution in [0.25, 0.3) is 0 Å². The molecule has 74 valence electrons. The van der Waals surface area contributed by atoms with Crippen LogP contribution in [0.1, 0.15) is 41.5 Å². The van der Waals surface area contributed by atoms with E-state index in [1.165, 1.54) is 0 Å². The summed E-state index contributed by atoms with van der Waals surface area (Å²) in [6.07, 6.45) is 6.12. The van der Waals surface area contributed by atoms with Gasteiger partial charge in [-0.1, -0.05) is 0 Å². The summed E-state index contributed by atoms with van der Waals surface area (Å²) in [4.78, 5) is 4.24. The van der Waals surface area contributed by atoms with Crippen molar-refractivity contribution in [2.45, 2.75) is 52.6 Å². The van der Waals surface area contributed by atoms with E-state index in [0.717, 1.165) is 4.48 Å². The van der Waals surface area contributed by atoms with E-state index in [-0.39, 0.29) is 11.1 Å². The molecule has 0 N–H and O–H groups in total. The topological polar surface area (TPSA) is 12.4 Å². The maximum atomic E-state index is 4.24. The van der Waals surface area contributed by atoms with Gasteiger partial charge in [-0.2, -0.15) is 0 Å². The van der Waals surface area contributed by atoms with Crippen molar-refractivity contribution < 1.29 is 4.48 Å². The summed E-state index contributed by atoms with van der Waals surface area (Å²) in [5.41, 5.74) is 0.323. The Morgan fingerprint density at radius 1 is 0.923 bits per heavy atom. The van der Waals surface area contributed by atoms with Gasteiger partial charge >= 0.3 is 0 Å². The van der Waals surface area contributed by atoms with E-state index < -0.39 is 0 Å². The molecule has 0 aromatic heterocycles. The quantitative estimate of drug-likeness (QED) is 0.509. The maximum Gasteiger partial charge on any atom is 0.195 e. The Morgan fingerprint density at radius 3 is 1.54 bits per heavy atom. The van der Waals surface area contributed by atoms with Crippen LogP contribution >= 0.6 is 0 Å². The van der Waals surface area contributed by atoms with Crippen molar-refractivity contribution in [2.75, 3.05) is 0 Å². The van der Waals surface area contributed by atoms with Gasteiger partial charge in [0.05, 0.1) is 6.20 Å². The third kappa shape index (κ3) is 1.44. The number of rotatable bonds is 0. The smallest absolute Gasteiger partial charge is 0.195 e. The monoisotopic (exact) mass is 181 g/mol. The molecule has 0 saturated heterocycles. The van der Waals surface area contributed by atoms with E-state index in [4.69, 9.17) is 0 Å². The molecule has 0 aliphatic carbocycles. The van der Waals surface area contributed by atoms with Crippen molar-refractivity contribution in [3.05, 3.63) is 12.4 Å². The zero-order valence-electron chi connectivity index (χ0n) is 9.63. The molecule has 1 heterocycles. The van der Waals surface area contributed by atoms with Gasteiger partial charge in [-0.15, -0.1) is 0 Å². The molecule has 0 bridgehead atoms. The number of hydrogen-bond acceptors (Lipinski definition) is 1. The summed E-state index contributed by atoms with van der Waals surface area (Å²) in [5, 5.41) is 0. The Balaban J connectivity index is 3.19. The van der Waals surface area contributed by atoms with Gasteiger partial charge in [0.2, 0.25) is 0 Å². The fourth-order valence-corrected chi connectivity index (χ4v) is 2.13. The SMILES string of the molecule is CC(C)(C)[N+]1(C(C)(C)C)C=CN=C1. The van der Waals surface area contributed by atoms with E-state index in [1.807, 2.05) is 12.5 Å². The van der Waals surface area contributed by atoms with Crippen LogP contribution in [0.3, 0.4) is 0 Å². The zero-order chi connectivity index (χ0) is 10.3. The van der Waals surface area contributed by atoms with Crippen molar-refractivity contribution in [3.63, 3.8) is 0 Å². The van der Waals surface area contributed by atoms with Crippen molar-refractivity contribution in [1.82, 2.24) is 0 Å². The second kappa shape index (κ2) is 2.68. The highest BCUT2D eigenvalue weighted by Gasteiger charge is 2.48. The molecule has 2 nitrogen and oxygen atoms in total. The molecule has 0 radical (unpaired) electrons. The summed E-state index contributed by atoms with van der Waals surface area (Å²) in [5.74, 6) is 0. The lowest BCUT2D eigenvalue weighted by molar-refractivity contribution is -0.879. The van der Waals surface area contributed by atoms with Crippen LogP contribution in [0, 0.1) is 0 Å². The van der Waals surface area contributed by atoms with Crippen LogP contribution in [0.4, 0.5) is 0 Å². The standard InChI is InChI=1S/C11H21N2/c1-10(2,3)13(11(4,5)6)8-7-12-9-13/h7-9H,1-6H3/q+1. The molecule has 2 heteroatoms. The van der Waals surface area contributed by atoms with Crippen LogP contribution in [0.15, 0.2) is 17.4 Å². The molecule has 0 spiro atoms. The van der Waals surface area contributed by atoms with Gasteiger partial charge in [0.25, 0.3) is 0 Å².